The topological polar surface area (TPSA) is 128 Å². The molecule has 1 aromatic heterocycles. The van der Waals surface area contributed by atoms with Crippen molar-refractivity contribution in [1.82, 2.24) is 9.55 Å². The van der Waals surface area contributed by atoms with Crippen LogP contribution < -0.4 is 16.8 Å². The van der Waals surface area contributed by atoms with Crippen molar-refractivity contribution >= 4 is 40.6 Å². The molecule has 5 N–H and O–H groups in total. The highest BCUT2D eigenvalue weighted by atomic mass is 16.1. The predicted molar refractivity (Wildman–Crippen MR) is 125 cm³/mol. The first-order chi connectivity index (χ1) is 15.5. The van der Waals surface area contributed by atoms with Gasteiger partial charge in [0.2, 0.25) is 0 Å². The molecule has 0 spiro atoms. The van der Waals surface area contributed by atoms with Gasteiger partial charge < -0.3 is 26.1 Å². The number of aliphatic imine (C=N–C) groups is 1. The van der Waals surface area contributed by atoms with E-state index in [-0.39, 0.29) is 17.9 Å². The van der Waals surface area contributed by atoms with Gasteiger partial charge in [0, 0.05) is 17.7 Å². The fourth-order valence-corrected chi connectivity index (χ4v) is 3.57. The summed E-state index contributed by atoms with van der Waals surface area (Å²) >= 11 is 0. The molecule has 0 aliphatic carbocycles. The van der Waals surface area contributed by atoms with Crippen LogP contribution in [0.1, 0.15) is 28.4 Å². The summed E-state index contributed by atoms with van der Waals surface area (Å²) < 4.78 is 1.96. The molecule has 3 aromatic carbocycles. The SMILES string of the molecule is NC(N)=Nc1ccc(C(=O)Nc2ccc3ncn(C(CC=O)c4ccccc4)c3c2)cc1. The van der Waals surface area contributed by atoms with E-state index in [4.69, 9.17) is 11.5 Å². The van der Waals surface area contributed by atoms with Gasteiger partial charge in [0.25, 0.3) is 5.91 Å². The van der Waals surface area contributed by atoms with Crippen molar-refractivity contribution in [3.63, 3.8) is 0 Å². The Morgan fingerprint density at radius 2 is 1.81 bits per heavy atom. The highest BCUT2D eigenvalue weighted by Crippen LogP contribution is 2.27. The largest absolute Gasteiger partial charge is 0.370 e. The first kappa shape index (κ1) is 20.8. The third-order valence-corrected chi connectivity index (χ3v) is 5.06. The first-order valence-electron chi connectivity index (χ1n) is 10.0. The number of amides is 1. The Labute approximate surface area is 184 Å². The molecule has 0 fully saturated rings. The minimum absolute atomic E-state index is 0.0458. The van der Waals surface area contributed by atoms with E-state index in [2.05, 4.69) is 15.3 Å². The number of fused-ring (bicyclic) bond motifs is 1. The van der Waals surface area contributed by atoms with Gasteiger partial charge in [-0.3, -0.25) is 4.79 Å². The van der Waals surface area contributed by atoms with E-state index in [0.717, 1.165) is 22.9 Å². The maximum absolute atomic E-state index is 12.7. The van der Waals surface area contributed by atoms with Crippen LogP contribution in [0, 0.1) is 0 Å². The third kappa shape index (κ3) is 4.49. The molecule has 1 atom stereocenters. The van der Waals surface area contributed by atoms with Gasteiger partial charge in [-0.2, -0.15) is 0 Å². The Hall–Kier alpha value is -4.46. The Balaban J connectivity index is 1.61. The lowest BCUT2D eigenvalue weighted by atomic mass is 10.0. The number of aldehydes is 1. The summed E-state index contributed by atoms with van der Waals surface area (Å²) in [5.41, 5.74) is 15.0. The molecule has 8 heteroatoms. The minimum Gasteiger partial charge on any atom is -0.370 e. The second-order valence-electron chi connectivity index (χ2n) is 7.22. The molecule has 0 aliphatic rings. The molecule has 0 aliphatic heterocycles. The Morgan fingerprint density at radius 3 is 2.50 bits per heavy atom. The number of guanidine groups is 1. The molecule has 1 unspecified atom stereocenters. The second-order valence-corrected chi connectivity index (χ2v) is 7.22. The number of aromatic nitrogens is 2. The van der Waals surface area contributed by atoms with Crippen molar-refractivity contribution in [2.24, 2.45) is 16.5 Å². The van der Waals surface area contributed by atoms with Gasteiger partial charge in [0.1, 0.15) is 6.29 Å². The molecule has 1 heterocycles. The summed E-state index contributed by atoms with van der Waals surface area (Å²) in [5, 5.41) is 2.90. The van der Waals surface area contributed by atoms with Gasteiger partial charge in [-0.15, -0.1) is 0 Å². The highest BCUT2D eigenvalue weighted by Gasteiger charge is 2.17. The molecule has 4 rings (SSSR count). The minimum atomic E-state index is -0.265. The quantitative estimate of drug-likeness (QED) is 0.237. The lowest BCUT2D eigenvalue weighted by Crippen LogP contribution is -2.21. The number of nitrogens with one attached hydrogen (secondary N) is 1. The number of rotatable bonds is 7. The lowest BCUT2D eigenvalue weighted by molar-refractivity contribution is -0.108. The fourth-order valence-electron chi connectivity index (χ4n) is 3.57. The van der Waals surface area contributed by atoms with Crippen LogP contribution in [0.4, 0.5) is 11.4 Å². The van der Waals surface area contributed by atoms with Crippen LogP contribution in [0.3, 0.4) is 0 Å². The monoisotopic (exact) mass is 426 g/mol. The zero-order valence-electron chi connectivity index (χ0n) is 17.2. The summed E-state index contributed by atoms with van der Waals surface area (Å²) in [6.07, 6.45) is 2.94. The van der Waals surface area contributed by atoms with Crippen LogP contribution in [0.25, 0.3) is 11.0 Å². The van der Waals surface area contributed by atoms with Crippen LogP contribution in [0.2, 0.25) is 0 Å². The molecule has 0 saturated heterocycles. The van der Waals surface area contributed by atoms with E-state index < -0.39 is 0 Å². The molecule has 0 saturated carbocycles. The number of benzene rings is 3. The molecule has 0 radical (unpaired) electrons. The molecular formula is C24H22N6O2. The van der Waals surface area contributed by atoms with Crippen LogP contribution in [0.15, 0.2) is 84.1 Å². The number of nitrogens with zero attached hydrogens (tertiary/aromatic N) is 3. The highest BCUT2D eigenvalue weighted by molar-refractivity contribution is 6.05. The summed E-state index contributed by atoms with van der Waals surface area (Å²) in [7, 11) is 0. The van der Waals surface area contributed by atoms with Crippen LogP contribution in [-0.4, -0.2) is 27.7 Å². The van der Waals surface area contributed by atoms with Gasteiger partial charge in [-0.1, -0.05) is 30.3 Å². The molecule has 8 nitrogen and oxygen atoms in total. The van der Waals surface area contributed by atoms with Gasteiger partial charge >= 0.3 is 0 Å². The van der Waals surface area contributed by atoms with E-state index >= 15 is 0 Å². The van der Waals surface area contributed by atoms with Crippen LogP contribution >= 0.6 is 0 Å². The smallest absolute Gasteiger partial charge is 0.255 e. The van der Waals surface area contributed by atoms with E-state index in [9.17, 15) is 9.59 Å². The van der Waals surface area contributed by atoms with E-state index in [0.29, 0.717) is 23.4 Å². The third-order valence-electron chi connectivity index (χ3n) is 5.06. The van der Waals surface area contributed by atoms with Crippen molar-refractivity contribution in [2.45, 2.75) is 12.5 Å². The zero-order valence-corrected chi connectivity index (χ0v) is 17.2. The van der Waals surface area contributed by atoms with Crippen molar-refractivity contribution in [3.05, 3.63) is 90.3 Å². The fraction of sp³-hybridized carbons (Fsp3) is 0.0833. The van der Waals surface area contributed by atoms with Crippen molar-refractivity contribution < 1.29 is 9.59 Å². The zero-order chi connectivity index (χ0) is 22.5. The summed E-state index contributed by atoms with van der Waals surface area (Å²) in [5.74, 6) is -0.310. The molecule has 0 bridgehead atoms. The number of carbonyl (C=O) groups excluding carboxylic acids is 2. The average molecular weight is 426 g/mol. The van der Waals surface area contributed by atoms with Crippen molar-refractivity contribution in [1.29, 1.82) is 0 Å². The van der Waals surface area contributed by atoms with Gasteiger partial charge in [-0.05, 0) is 48.0 Å². The summed E-state index contributed by atoms with van der Waals surface area (Å²) in [6, 6.07) is 21.7. The van der Waals surface area contributed by atoms with Gasteiger partial charge in [0.15, 0.2) is 5.96 Å². The molecule has 1 amide bonds. The normalized spacial score (nSPS) is 11.6. The number of nitrogens with two attached hydrogens (primary N) is 2. The molecule has 4 aromatic rings. The second kappa shape index (κ2) is 9.13. The molecule has 32 heavy (non-hydrogen) atoms. The first-order valence-corrected chi connectivity index (χ1v) is 10.0. The number of carbonyl (C=O) groups is 2. The van der Waals surface area contributed by atoms with Crippen molar-refractivity contribution in [3.8, 4) is 0 Å². The Kier molecular flexibility index (Phi) is 5.94. The van der Waals surface area contributed by atoms with E-state index in [1.54, 1.807) is 36.7 Å². The lowest BCUT2D eigenvalue weighted by Gasteiger charge is -2.18. The summed E-state index contributed by atoms with van der Waals surface area (Å²) in [4.78, 5) is 32.5. The molecule has 160 valence electrons. The Bertz CT molecular complexity index is 1280. The van der Waals surface area contributed by atoms with E-state index in [1.165, 1.54) is 0 Å². The standard InChI is InChI=1S/C24H22N6O2/c25-24(26)29-18-8-6-17(7-9-18)23(32)28-19-10-11-20-22(14-19)30(15-27-20)21(12-13-31)16-4-2-1-3-5-16/h1-11,13-15,21H,12H2,(H,28,32)(H4,25,26,29). The average Bonchev–Trinajstić information content (AvgIpc) is 3.21. The van der Waals surface area contributed by atoms with E-state index in [1.807, 2.05) is 47.0 Å². The number of anilines is 1. The maximum Gasteiger partial charge on any atom is 0.255 e. The predicted octanol–water partition coefficient (Wildman–Crippen LogP) is 3.37. The van der Waals surface area contributed by atoms with Crippen LogP contribution in [-0.2, 0) is 4.79 Å². The van der Waals surface area contributed by atoms with Crippen LogP contribution in [0.5, 0.6) is 0 Å². The van der Waals surface area contributed by atoms with Gasteiger partial charge in [0.05, 0.1) is 29.1 Å². The Morgan fingerprint density at radius 1 is 1.06 bits per heavy atom. The van der Waals surface area contributed by atoms with Crippen molar-refractivity contribution in [2.75, 3.05) is 5.32 Å². The molecular weight excluding hydrogens is 404 g/mol. The number of hydrogen-bond acceptors (Lipinski definition) is 4. The number of hydrogen-bond donors (Lipinski definition) is 3. The maximum atomic E-state index is 12.7. The number of imidazole rings is 1. The van der Waals surface area contributed by atoms with Gasteiger partial charge in [-0.25, -0.2) is 9.98 Å². The summed E-state index contributed by atoms with van der Waals surface area (Å²) in [6.45, 7) is 0.